The van der Waals surface area contributed by atoms with Crippen LogP contribution < -0.4 is 15.6 Å². The molecule has 3 aromatic rings. The number of fused-ring (bicyclic) bond motifs is 1. The van der Waals surface area contributed by atoms with E-state index < -0.39 is 17.8 Å². The second-order valence-electron chi connectivity index (χ2n) is 6.78. The van der Waals surface area contributed by atoms with Gasteiger partial charge in [-0.25, -0.2) is 4.98 Å². The van der Waals surface area contributed by atoms with E-state index >= 15 is 0 Å². The number of hydrogen-bond donors (Lipinski definition) is 1. The number of aromatic nitrogens is 2. The van der Waals surface area contributed by atoms with Crippen LogP contribution in [-0.2, 0) is 17.5 Å². The maximum atomic E-state index is 13.0. The Balaban J connectivity index is 1.54. The summed E-state index contributed by atoms with van der Waals surface area (Å²) in [6, 6.07) is 11.3. The first kappa shape index (κ1) is 21.4. The van der Waals surface area contributed by atoms with Crippen LogP contribution >= 0.6 is 0 Å². The van der Waals surface area contributed by atoms with E-state index in [-0.39, 0.29) is 36.8 Å². The molecule has 1 heterocycles. The Bertz CT molecular complexity index is 1100. The van der Waals surface area contributed by atoms with Crippen LogP contribution in [0.2, 0.25) is 0 Å². The Morgan fingerprint density at radius 1 is 1.17 bits per heavy atom. The number of hydrogen-bond acceptors (Lipinski definition) is 4. The molecule has 9 heteroatoms. The van der Waals surface area contributed by atoms with Crippen molar-refractivity contribution in [1.82, 2.24) is 14.9 Å². The van der Waals surface area contributed by atoms with E-state index in [1.807, 2.05) is 0 Å². The van der Waals surface area contributed by atoms with Gasteiger partial charge in [0.05, 0.1) is 28.8 Å². The van der Waals surface area contributed by atoms with Gasteiger partial charge in [0.2, 0.25) is 5.91 Å². The average Bonchev–Trinajstić information content (AvgIpc) is 2.71. The number of nitrogens with zero attached hydrogens (tertiary/aromatic N) is 2. The molecule has 1 unspecified atom stereocenters. The molecule has 158 valence electrons. The SMILES string of the molecule is CC(COc1ccccc1C(F)(F)F)NC(=O)CCn1cnc2ccccc2c1=O. The average molecular weight is 419 g/mol. The summed E-state index contributed by atoms with van der Waals surface area (Å²) >= 11 is 0. The number of carbonyl (C=O) groups excluding carboxylic acids is 1. The predicted octanol–water partition coefficient (Wildman–Crippen LogP) is 3.39. The van der Waals surface area contributed by atoms with Gasteiger partial charge in [-0.3, -0.25) is 14.2 Å². The molecule has 6 nitrogen and oxygen atoms in total. The summed E-state index contributed by atoms with van der Waals surface area (Å²) in [5.41, 5.74) is -0.534. The summed E-state index contributed by atoms with van der Waals surface area (Å²) in [4.78, 5) is 28.8. The Labute approximate surface area is 170 Å². The van der Waals surface area contributed by atoms with Gasteiger partial charge in [-0.05, 0) is 31.2 Å². The zero-order valence-electron chi connectivity index (χ0n) is 16.1. The Morgan fingerprint density at radius 2 is 1.87 bits per heavy atom. The highest BCUT2D eigenvalue weighted by atomic mass is 19.4. The molecule has 0 bridgehead atoms. The van der Waals surface area contributed by atoms with Crippen LogP contribution in [0.1, 0.15) is 18.9 Å². The quantitative estimate of drug-likeness (QED) is 0.637. The number of halogens is 3. The number of nitrogens with one attached hydrogen (secondary N) is 1. The molecule has 1 N–H and O–H groups in total. The molecule has 1 amide bonds. The van der Waals surface area contributed by atoms with E-state index in [9.17, 15) is 22.8 Å². The highest BCUT2D eigenvalue weighted by Gasteiger charge is 2.34. The van der Waals surface area contributed by atoms with Crippen molar-refractivity contribution in [3.8, 4) is 5.75 Å². The summed E-state index contributed by atoms with van der Waals surface area (Å²) in [7, 11) is 0. The summed E-state index contributed by atoms with van der Waals surface area (Å²) in [5.74, 6) is -0.643. The van der Waals surface area contributed by atoms with Crippen LogP contribution in [0.4, 0.5) is 13.2 Å². The van der Waals surface area contributed by atoms with Gasteiger partial charge in [0.15, 0.2) is 0 Å². The minimum Gasteiger partial charge on any atom is -0.491 e. The number of alkyl halides is 3. The lowest BCUT2D eigenvalue weighted by Crippen LogP contribution is -2.37. The number of para-hydroxylation sites is 2. The predicted molar refractivity (Wildman–Crippen MR) is 105 cm³/mol. The number of carbonyl (C=O) groups is 1. The third kappa shape index (κ3) is 5.16. The van der Waals surface area contributed by atoms with Gasteiger partial charge < -0.3 is 10.1 Å². The highest BCUT2D eigenvalue weighted by molar-refractivity contribution is 5.77. The fourth-order valence-corrected chi connectivity index (χ4v) is 2.92. The second kappa shape index (κ2) is 8.98. The Morgan fingerprint density at radius 3 is 2.63 bits per heavy atom. The molecule has 0 aliphatic rings. The summed E-state index contributed by atoms with van der Waals surface area (Å²) in [6.45, 7) is 1.63. The van der Waals surface area contributed by atoms with Gasteiger partial charge in [-0.1, -0.05) is 24.3 Å². The van der Waals surface area contributed by atoms with E-state index in [4.69, 9.17) is 4.74 Å². The van der Waals surface area contributed by atoms with Crippen molar-refractivity contribution in [3.05, 3.63) is 70.8 Å². The largest absolute Gasteiger partial charge is 0.491 e. The van der Waals surface area contributed by atoms with Crippen molar-refractivity contribution in [3.63, 3.8) is 0 Å². The van der Waals surface area contributed by atoms with Gasteiger partial charge in [0.25, 0.3) is 5.56 Å². The van der Waals surface area contributed by atoms with Crippen LogP contribution in [0.25, 0.3) is 10.9 Å². The molecule has 1 aromatic heterocycles. The molecule has 0 saturated carbocycles. The molecular weight excluding hydrogens is 399 g/mol. The van der Waals surface area contributed by atoms with Crippen molar-refractivity contribution >= 4 is 16.8 Å². The number of rotatable bonds is 7. The molecule has 0 spiro atoms. The molecule has 0 aliphatic heterocycles. The molecule has 1 atom stereocenters. The molecule has 2 aromatic carbocycles. The third-order valence-electron chi connectivity index (χ3n) is 4.40. The fourth-order valence-electron chi connectivity index (χ4n) is 2.92. The maximum absolute atomic E-state index is 13.0. The van der Waals surface area contributed by atoms with E-state index in [0.29, 0.717) is 10.9 Å². The molecule has 0 aliphatic carbocycles. The number of aryl methyl sites for hydroxylation is 1. The van der Waals surface area contributed by atoms with Crippen molar-refractivity contribution in [2.75, 3.05) is 6.61 Å². The fraction of sp³-hybridized carbons (Fsp3) is 0.286. The smallest absolute Gasteiger partial charge is 0.419 e. The van der Waals surface area contributed by atoms with Crippen LogP contribution in [0.5, 0.6) is 5.75 Å². The summed E-state index contributed by atoms with van der Waals surface area (Å²) < 4.78 is 45.6. The highest BCUT2D eigenvalue weighted by Crippen LogP contribution is 2.35. The van der Waals surface area contributed by atoms with Crippen LogP contribution in [0.3, 0.4) is 0 Å². The second-order valence-corrected chi connectivity index (χ2v) is 6.78. The molecule has 3 rings (SSSR count). The van der Waals surface area contributed by atoms with Gasteiger partial charge in [-0.15, -0.1) is 0 Å². The Hall–Kier alpha value is -3.36. The normalized spacial score (nSPS) is 12.5. The van der Waals surface area contributed by atoms with Crippen LogP contribution in [-0.4, -0.2) is 28.1 Å². The van der Waals surface area contributed by atoms with Gasteiger partial charge in [0.1, 0.15) is 12.4 Å². The first-order valence-corrected chi connectivity index (χ1v) is 9.28. The molecule has 0 saturated heterocycles. The zero-order chi connectivity index (χ0) is 21.7. The molecule has 30 heavy (non-hydrogen) atoms. The standard InChI is InChI=1S/C21H20F3N3O3/c1-14(12-30-18-9-5-3-7-16(18)21(22,23)24)26-19(28)10-11-27-13-25-17-8-4-2-6-15(17)20(27)29/h2-9,13-14H,10-12H2,1H3,(H,26,28). The van der Waals surface area contributed by atoms with Crippen LogP contribution in [0, 0.1) is 0 Å². The summed E-state index contributed by atoms with van der Waals surface area (Å²) in [6.07, 6.45) is -3.12. The summed E-state index contributed by atoms with van der Waals surface area (Å²) in [5, 5.41) is 3.12. The van der Waals surface area contributed by atoms with E-state index in [1.165, 1.54) is 29.1 Å². The van der Waals surface area contributed by atoms with E-state index in [1.54, 1.807) is 31.2 Å². The first-order valence-electron chi connectivity index (χ1n) is 9.28. The third-order valence-corrected chi connectivity index (χ3v) is 4.40. The monoisotopic (exact) mass is 419 g/mol. The van der Waals surface area contributed by atoms with Gasteiger partial charge in [-0.2, -0.15) is 13.2 Å². The zero-order valence-corrected chi connectivity index (χ0v) is 16.1. The lowest BCUT2D eigenvalue weighted by atomic mass is 10.2. The number of benzene rings is 2. The maximum Gasteiger partial charge on any atom is 0.419 e. The van der Waals surface area contributed by atoms with Crippen molar-refractivity contribution < 1.29 is 22.7 Å². The lowest BCUT2D eigenvalue weighted by Gasteiger charge is -2.18. The minimum absolute atomic E-state index is 0.0173. The van der Waals surface area contributed by atoms with E-state index in [2.05, 4.69) is 10.3 Å². The molecular formula is C21H20F3N3O3. The number of ether oxygens (including phenoxy) is 1. The molecule has 0 fully saturated rings. The van der Waals surface area contributed by atoms with Gasteiger partial charge in [0, 0.05) is 13.0 Å². The van der Waals surface area contributed by atoms with Crippen LogP contribution in [0.15, 0.2) is 59.7 Å². The minimum atomic E-state index is -4.52. The first-order chi connectivity index (χ1) is 14.3. The van der Waals surface area contributed by atoms with E-state index in [0.717, 1.165) is 6.07 Å². The van der Waals surface area contributed by atoms with Gasteiger partial charge >= 0.3 is 6.18 Å². The molecule has 0 radical (unpaired) electrons. The lowest BCUT2D eigenvalue weighted by molar-refractivity contribution is -0.139. The number of amides is 1. The van der Waals surface area contributed by atoms with Crippen molar-refractivity contribution in [2.45, 2.75) is 32.1 Å². The van der Waals surface area contributed by atoms with Crippen molar-refractivity contribution in [2.24, 2.45) is 0 Å². The Kier molecular flexibility index (Phi) is 6.39. The topological polar surface area (TPSA) is 73.2 Å². The van der Waals surface area contributed by atoms with Crippen molar-refractivity contribution in [1.29, 1.82) is 0 Å².